The summed E-state index contributed by atoms with van der Waals surface area (Å²) in [5.74, 6) is -4.39. The summed E-state index contributed by atoms with van der Waals surface area (Å²) in [7, 11) is 0. The second-order valence-electron chi connectivity index (χ2n) is 9.19. The van der Waals surface area contributed by atoms with Crippen LogP contribution in [-0.4, -0.2) is 117 Å². The number of carbonyl (C=O) groups excluding carboxylic acids is 2. The molecule has 0 amide bonds. The quantitative estimate of drug-likeness (QED) is 0.172. The van der Waals surface area contributed by atoms with Gasteiger partial charge in [0.1, 0.15) is 37.1 Å². The summed E-state index contributed by atoms with van der Waals surface area (Å²) in [6.45, 7) is 4.20. The predicted molar refractivity (Wildman–Crippen MR) is 111 cm³/mol. The summed E-state index contributed by atoms with van der Waals surface area (Å²) in [5, 5.41) is 60.5. The van der Waals surface area contributed by atoms with E-state index < -0.39 is 92.5 Å². The number of rotatable bonds is 10. The van der Waals surface area contributed by atoms with Crippen molar-refractivity contribution in [2.24, 2.45) is 11.8 Å². The Morgan fingerprint density at radius 1 is 0.912 bits per heavy atom. The lowest BCUT2D eigenvalue weighted by atomic mass is 9.97. The molecule has 2 aliphatic rings. The largest absolute Gasteiger partial charge is 0.455 e. The molecule has 0 aromatic heterocycles. The van der Waals surface area contributed by atoms with Crippen LogP contribution in [0.25, 0.3) is 0 Å². The minimum Gasteiger partial charge on any atom is -0.455 e. The van der Waals surface area contributed by atoms with E-state index in [1.165, 1.54) is 0 Å². The minimum atomic E-state index is -2.31. The van der Waals surface area contributed by atoms with Crippen LogP contribution in [0, 0.1) is 11.8 Å². The molecule has 2 fully saturated rings. The van der Waals surface area contributed by atoms with E-state index in [2.05, 4.69) is 0 Å². The maximum Gasteiger partial charge on any atom is 0.308 e. The van der Waals surface area contributed by atoms with Crippen LogP contribution < -0.4 is 0 Å². The zero-order valence-electron chi connectivity index (χ0n) is 19.6. The van der Waals surface area contributed by atoms with Crippen molar-refractivity contribution in [3.05, 3.63) is 0 Å². The van der Waals surface area contributed by atoms with Crippen LogP contribution in [0.2, 0.25) is 0 Å². The van der Waals surface area contributed by atoms with Gasteiger partial charge in [-0.05, 0) is 5.92 Å². The van der Waals surface area contributed by atoms with E-state index in [9.17, 15) is 40.2 Å². The van der Waals surface area contributed by atoms with E-state index in [1.807, 2.05) is 0 Å². The molecule has 2 heterocycles. The summed E-state index contributed by atoms with van der Waals surface area (Å²) in [6.07, 6.45) is -12.6. The van der Waals surface area contributed by atoms with Crippen LogP contribution in [-0.2, 0) is 33.3 Å². The molecule has 2 rings (SSSR count). The molecule has 9 atom stereocenters. The molecular weight excluding hydrogens is 460 g/mol. The van der Waals surface area contributed by atoms with Gasteiger partial charge in [-0.3, -0.25) is 9.59 Å². The topological polar surface area (TPSA) is 202 Å². The number of hydrogen-bond donors (Lipinski definition) is 6. The number of esters is 2. The second kappa shape index (κ2) is 12.0. The van der Waals surface area contributed by atoms with E-state index >= 15 is 0 Å². The zero-order valence-corrected chi connectivity index (χ0v) is 19.6. The maximum absolute atomic E-state index is 12.3. The molecule has 0 bridgehead atoms. The molecule has 198 valence electrons. The Bertz CT molecular complexity index is 686. The summed E-state index contributed by atoms with van der Waals surface area (Å²) < 4.78 is 27.2. The first-order valence-corrected chi connectivity index (χ1v) is 11.2. The third-order valence-corrected chi connectivity index (χ3v) is 5.58. The highest BCUT2D eigenvalue weighted by molar-refractivity contribution is 5.72. The first-order valence-electron chi connectivity index (χ1n) is 11.2. The van der Waals surface area contributed by atoms with Gasteiger partial charge in [0.25, 0.3) is 0 Å². The zero-order chi connectivity index (χ0) is 25.8. The van der Waals surface area contributed by atoms with Crippen LogP contribution in [0.3, 0.4) is 0 Å². The van der Waals surface area contributed by atoms with Crippen molar-refractivity contribution in [1.82, 2.24) is 0 Å². The van der Waals surface area contributed by atoms with E-state index in [1.54, 1.807) is 27.7 Å². The number of aliphatic hydroxyl groups is 6. The molecule has 13 heteroatoms. The van der Waals surface area contributed by atoms with Gasteiger partial charge in [0.15, 0.2) is 18.5 Å². The lowest BCUT2D eigenvalue weighted by Gasteiger charge is -2.45. The van der Waals surface area contributed by atoms with Gasteiger partial charge in [0.2, 0.25) is 5.79 Å². The first-order chi connectivity index (χ1) is 15.9. The van der Waals surface area contributed by atoms with E-state index in [0.717, 1.165) is 0 Å². The molecular formula is C21H36O13. The number of carbonyl (C=O) groups is 2. The maximum atomic E-state index is 12.3. The number of aliphatic hydroxyl groups excluding tert-OH is 6. The highest BCUT2D eigenvalue weighted by atomic mass is 16.8. The average molecular weight is 497 g/mol. The van der Waals surface area contributed by atoms with Gasteiger partial charge >= 0.3 is 11.9 Å². The Hall–Kier alpha value is -1.42. The van der Waals surface area contributed by atoms with Crippen molar-refractivity contribution in [3.63, 3.8) is 0 Å². The van der Waals surface area contributed by atoms with Crippen molar-refractivity contribution in [2.45, 2.75) is 88.9 Å². The summed E-state index contributed by atoms with van der Waals surface area (Å²) in [4.78, 5) is 24.6. The van der Waals surface area contributed by atoms with Gasteiger partial charge in [-0.15, -0.1) is 0 Å². The molecule has 0 aromatic rings. The van der Waals surface area contributed by atoms with Crippen molar-refractivity contribution in [2.75, 3.05) is 19.8 Å². The summed E-state index contributed by atoms with van der Waals surface area (Å²) in [6, 6.07) is 0. The van der Waals surface area contributed by atoms with Gasteiger partial charge in [0, 0.05) is 6.42 Å². The molecule has 0 unspecified atom stereocenters. The van der Waals surface area contributed by atoms with Crippen molar-refractivity contribution in [1.29, 1.82) is 0 Å². The van der Waals surface area contributed by atoms with Gasteiger partial charge in [-0.25, -0.2) is 0 Å². The van der Waals surface area contributed by atoms with Crippen LogP contribution in [0.1, 0.15) is 34.1 Å². The fourth-order valence-corrected chi connectivity index (χ4v) is 3.69. The Balaban J connectivity index is 2.34. The van der Waals surface area contributed by atoms with E-state index in [-0.39, 0.29) is 12.3 Å². The molecule has 0 aliphatic carbocycles. The van der Waals surface area contributed by atoms with Gasteiger partial charge < -0.3 is 54.3 Å². The smallest absolute Gasteiger partial charge is 0.308 e. The van der Waals surface area contributed by atoms with Crippen LogP contribution >= 0.6 is 0 Å². The molecule has 0 radical (unpaired) electrons. The molecule has 2 aliphatic heterocycles. The van der Waals surface area contributed by atoms with Gasteiger partial charge in [-0.1, -0.05) is 27.7 Å². The molecule has 0 spiro atoms. The molecule has 13 nitrogen and oxygen atoms in total. The summed E-state index contributed by atoms with van der Waals surface area (Å²) >= 11 is 0. The van der Waals surface area contributed by atoms with Crippen molar-refractivity contribution in [3.8, 4) is 0 Å². The number of hydrogen-bond acceptors (Lipinski definition) is 13. The second-order valence-corrected chi connectivity index (χ2v) is 9.19. The fraction of sp³-hybridized carbons (Fsp3) is 0.905. The SMILES string of the molecule is CC(C)CC(=O)O[C@H]1[C@H](OC(=O)C(C)C)[C@@H](O)[C@@H](O[C@]2(CO)O[C@H](CO)[C@@H](O)[C@@H]2O)O[C@@H]1CO. The van der Waals surface area contributed by atoms with Crippen molar-refractivity contribution < 1.29 is 63.9 Å². The fourth-order valence-electron chi connectivity index (χ4n) is 3.69. The standard InChI is InChI=1S/C21H36O13/c1-9(2)5-13(25)31-16-12(7-23)30-20(15(27)17(16)32-19(29)10(3)4)34-21(8-24)18(28)14(26)11(6-22)33-21/h9-12,14-18,20,22-24,26-28H,5-8H2,1-4H3/t11-,12-,14-,15-,16-,17-,18+,20-,21+/m1/s1. The van der Waals surface area contributed by atoms with E-state index in [0.29, 0.717) is 0 Å². The highest BCUT2D eigenvalue weighted by Gasteiger charge is 2.59. The molecule has 34 heavy (non-hydrogen) atoms. The predicted octanol–water partition coefficient (Wildman–Crippen LogP) is -2.59. The highest BCUT2D eigenvalue weighted by Crippen LogP contribution is 2.37. The third-order valence-electron chi connectivity index (χ3n) is 5.58. The lowest BCUT2D eigenvalue weighted by Crippen LogP contribution is -2.64. The Morgan fingerprint density at radius 2 is 1.53 bits per heavy atom. The molecule has 0 saturated carbocycles. The Labute approximate surface area is 197 Å². The van der Waals surface area contributed by atoms with Crippen LogP contribution in [0.15, 0.2) is 0 Å². The summed E-state index contributed by atoms with van der Waals surface area (Å²) in [5.41, 5.74) is 0. The van der Waals surface area contributed by atoms with Gasteiger partial charge in [0.05, 0.1) is 19.1 Å². The minimum absolute atomic E-state index is 0.0175. The van der Waals surface area contributed by atoms with E-state index in [4.69, 9.17) is 23.7 Å². The average Bonchev–Trinajstić information content (AvgIpc) is 3.02. The Kier molecular flexibility index (Phi) is 10.2. The third kappa shape index (κ3) is 6.22. The molecule has 2 saturated heterocycles. The molecule has 0 aromatic carbocycles. The van der Waals surface area contributed by atoms with Gasteiger partial charge in [-0.2, -0.15) is 0 Å². The lowest BCUT2D eigenvalue weighted by molar-refractivity contribution is -0.384. The normalized spacial score (nSPS) is 38.4. The first kappa shape index (κ1) is 28.8. The number of ether oxygens (including phenoxy) is 5. The van der Waals surface area contributed by atoms with Crippen molar-refractivity contribution >= 4 is 11.9 Å². The Morgan fingerprint density at radius 3 is 2.00 bits per heavy atom. The molecule has 6 N–H and O–H groups in total. The van der Waals surface area contributed by atoms with Crippen LogP contribution in [0.5, 0.6) is 0 Å². The monoisotopic (exact) mass is 496 g/mol. The van der Waals surface area contributed by atoms with Crippen LogP contribution in [0.4, 0.5) is 0 Å².